The molecular weight excluding hydrogens is 326 g/mol. The van der Waals surface area contributed by atoms with Crippen LogP contribution in [0.3, 0.4) is 0 Å². The summed E-state index contributed by atoms with van der Waals surface area (Å²) in [7, 11) is 0. The maximum absolute atomic E-state index is 12.1. The van der Waals surface area contributed by atoms with E-state index in [1.165, 1.54) is 0 Å². The Morgan fingerprint density at radius 1 is 1.33 bits per heavy atom. The predicted molar refractivity (Wildman–Crippen MR) is 92.0 cm³/mol. The molecule has 2 aromatic rings. The molecule has 130 valence electrons. The Hall–Kier alpha value is -1.77. The van der Waals surface area contributed by atoms with Gasteiger partial charge in [0.25, 0.3) is 5.91 Å². The van der Waals surface area contributed by atoms with Gasteiger partial charge >= 0.3 is 0 Å². The van der Waals surface area contributed by atoms with Gasteiger partial charge in [0.05, 0.1) is 11.6 Å². The third kappa shape index (κ3) is 4.62. The van der Waals surface area contributed by atoms with Crippen LogP contribution in [0.1, 0.15) is 28.2 Å². The lowest BCUT2D eigenvalue weighted by Crippen LogP contribution is -2.45. The van der Waals surface area contributed by atoms with Crippen molar-refractivity contribution in [1.29, 1.82) is 0 Å². The average molecular weight is 349 g/mol. The fourth-order valence-corrected chi connectivity index (χ4v) is 3.35. The van der Waals surface area contributed by atoms with Gasteiger partial charge in [-0.25, -0.2) is 4.98 Å². The highest BCUT2D eigenvalue weighted by atomic mass is 32.1. The fraction of sp³-hybridized carbons (Fsp3) is 0.562. The molecule has 0 bridgehead atoms. The molecule has 0 saturated carbocycles. The number of aromatic nitrogens is 2. The van der Waals surface area contributed by atoms with Crippen molar-refractivity contribution in [2.45, 2.75) is 19.9 Å². The third-order valence-electron chi connectivity index (χ3n) is 4.19. The molecule has 1 saturated heterocycles. The molecule has 7 nitrogen and oxygen atoms in total. The zero-order chi connectivity index (χ0) is 16.8. The van der Waals surface area contributed by atoms with Crippen molar-refractivity contribution in [3.05, 3.63) is 34.1 Å². The van der Waals surface area contributed by atoms with E-state index < -0.39 is 0 Å². The molecule has 8 heteroatoms. The number of likely N-dealkylation sites (N-methyl/N-ethyl adjacent to an activating group) is 1. The molecule has 1 aliphatic rings. The second-order valence-corrected chi connectivity index (χ2v) is 6.80. The Balaban J connectivity index is 1.43. The van der Waals surface area contributed by atoms with Crippen molar-refractivity contribution >= 4 is 17.2 Å². The number of nitrogens with one attached hydrogen (secondary N) is 1. The number of amides is 1. The van der Waals surface area contributed by atoms with Crippen LogP contribution in [0.15, 0.2) is 22.2 Å². The van der Waals surface area contributed by atoms with Crippen molar-refractivity contribution in [3.63, 3.8) is 0 Å². The number of thiazole rings is 1. The van der Waals surface area contributed by atoms with E-state index in [9.17, 15) is 4.79 Å². The Kier molecular flexibility index (Phi) is 5.95. The number of hydrogen-bond acceptors (Lipinski definition) is 7. The van der Waals surface area contributed by atoms with Crippen molar-refractivity contribution < 1.29 is 9.32 Å². The van der Waals surface area contributed by atoms with Gasteiger partial charge in [0.15, 0.2) is 11.5 Å². The van der Waals surface area contributed by atoms with Crippen molar-refractivity contribution in [3.8, 4) is 0 Å². The molecule has 1 fully saturated rings. The van der Waals surface area contributed by atoms with Crippen LogP contribution in [0.4, 0.5) is 0 Å². The number of piperazine rings is 1. The molecule has 1 N–H and O–H groups in total. The minimum atomic E-state index is -0.197. The van der Waals surface area contributed by atoms with Gasteiger partial charge in [0.1, 0.15) is 0 Å². The van der Waals surface area contributed by atoms with Crippen LogP contribution in [0.2, 0.25) is 0 Å². The minimum absolute atomic E-state index is 0.197. The highest BCUT2D eigenvalue weighted by molar-refractivity contribution is 7.09. The Labute approximate surface area is 145 Å². The van der Waals surface area contributed by atoms with Gasteiger partial charge in [-0.15, -0.1) is 11.3 Å². The first-order valence-corrected chi connectivity index (χ1v) is 9.19. The lowest BCUT2D eigenvalue weighted by atomic mass is 10.2. The van der Waals surface area contributed by atoms with Crippen molar-refractivity contribution in [1.82, 2.24) is 25.3 Å². The molecule has 0 atom stereocenters. The van der Waals surface area contributed by atoms with Crippen LogP contribution in [-0.4, -0.2) is 65.1 Å². The van der Waals surface area contributed by atoms with Gasteiger partial charge in [0.2, 0.25) is 0 Å². The zero-order valence-corrected chi connectivity index (χ0v) is 14.7. The van der Waals surface area contributed by atoms with Crippen LogP contribution < -0.4 is 5.32 Å². The topological polar surface area (TPSA) is 74.5 Å². The number of nitrogens with zero attached hydrogens (tertiary/aromatic N) is 4. The number of carbonyl (C=O) groups excluding carboxylic acids is 1. The van der Waals surface area contributed by atoms with E-state index in [1.807, 2.05) is 5.38 Å². The minimum Gasteiger partial charge on any atom is -0.359 e. The quantitative estimate of drug-likeness (QED) is 0.811. The summed E-state index contributed by atoms with van der Waals surface area (Å²) in [6, 6.07) is 1.74. The largest absolute Gasteiger partial charge is 0.359 e. The molecule has 3 rings (SSSR count). The monoisotopic (exact) mass is 349 g/mol. The van der Waals surface area contributed by atoms with E-state index in [0.29, 0.717) is 18.8 Å². The summed E-state index contributed by atoms with van der Waals surface area (Å²) in [6.45, 7) is 8.73. The second-order valence-electron chi connectivity index (χ2n) is 5.82. The standard InChI is InChI=1S/C16H23N5O2S/c1-2-20-6-8-21(9-7-20)12-13-11-14(19-23-13)16(22)18-4-3-15-17-5-10-24-15/h5,10-11H,2-4,6-9,12H2,1H3,(H,18,22). The highest BCUT2D eigenvalue weighted by Gasteiger charge is 2.18. The number of rotatable bonds is 7. The first-order chi connectivity index (χ1) is 11.7. The molecule has 0 aromatic carbocycles. The van der Waals surface area contributed by atoms with E-state index in [2.05, 4.69) is 32.2 Å². The van der Waals surface area contributed by atoms with Crippen LogP contribution in [0.5, 0.6) is 0 Å². The molecule has 0 aliphatic carbocycles. The zero-order valence-electron chi connectivity index (χ0n) is 13.9. The van der Waals surface area contributed by atoms with Crippen LogP contribution in [-0.2, 0) is 13.0 Å². The van der Waals surface area contributed by atoms with Crippen LogP contribution in [0, 0.1) is 0 Å². The summed E-state index contributed by atoms with van der Waals surface area (Å²) in [6.07, 6.45) is 2.50. The van der Waals surface area contributed by atoms with E-state index in [4.69, 9.17) is 4.52 Å². The summed E-state index contributed by atoms with van der Waals surface area (Å²) >= 11 is 1.59. The smallest absolute Gasteiger partial charge is 0.273 e. The van der Waals surface area contributed by atoms with Gasteiger partial charge in [-0.05, 0) is 6.54 Å². The first kappa shape index (κ1) is 17.1. The molecule has 0 radical (unpaired) electrons. The normalized spacial score (nSPS) is 16.4. The summed E-state index contributed by atoms with van der Waals surface area (Å²) in [5.74, 6) is 0.544. The van der Waals surface area contributed by atoms with Gasteiger partial charge in [0, 0.05) is 56.8 Å². The Morgan fingerprint density at radius 3 is 2.83 bits per heavy atom. The molecule has 1 aliphatic heterocycles. The third-order valence-corrected chi connectivity index (χ3v) is 5.03. The van der Waals surface area contributed by atoms with Gasteiger partial charge in [-0.1, -0.05) is 12.1 Å². The van der Waals surface area contributed by atoms with E-state index in [0.717, 1.165) is 49.9 Å². The molecule has 0 unspecified atom stereocenters. The molecule has 0 spiro atoms. The summed E-state index contributed by atoms with van der Waals surface area (Å²) < 4.78 is 5.32. The number of hydrogen-bond donors (Lipinski definition) is 1. The van der Waals surface area contributed by atoms with E-state index in [1.54, 1.807) is 23.6 Å². The van der Waals surface area contributed by atoms with Gasteiger partial charge in [-0.2, -0.15) is 0 Å². The van der Waals surface area contributed by atoms with Gasteiger partial charge in [-0.3, -0.25) is 9.69 Å². The van der Waals surface area contributed by atoms with Crippen LogP contribution in [0.25, 0.3) is 0 Å². The fourth-order valence-electron chi connectivity index (χ4n) is 2.73. The molecule has 1 amide bonds. The Bertz CT molecular complexity index is 635. The SMILES string of the molecule is CCN1CCN(Cc2cc(C(=O)NCCc3nccs3)no2)CC1. The average Bonchev–Trinajstić information content (AvgIpc) is 3.27. The van der Waals surface area contributed by atoms with E-state index in [-0.39, 0.29) is 5.91 Å². The summed E-state index contributed by atoms with van der Waals surface area (Å²) in [4.78, 5) is 21.0. The Morgan fingerprint density at radius 2 is 2.12 bits per heavy atom. The molecule has 24 heavy (non-hydrogen) atoms. The second kappa shape index (κ2) is 8.36. The first-order valence-electron chi connectivity index (χ1n) is 8.31. The highest BCUT2D eigenvalue weighted by Crippen LogP contribution is 2.10. The van der Waals surface area contributed by atoms with Crippen molar-refractivity contribution in [2.24, 2.45) is 0 Å². The van der Waals surface area contributed by atoms with Gasteiger partial charge < -0.3 is 14.7 Å². The van der Waals surface area contributed by atoms with Crippen LogP contribution >= 0.6 is 11.3 Å². The maximum atomic E-state index is 12.1. The molecule has 2 aromatic heterocycles. The molecular formula is C16H23N5O2S. The molecule has 3 heterocycles. The van der Waals surface area contributed by atoms with E-state index >= 15 is 0 Å². The maximum Gasteiger partial charge on any atom is 0.273 e. The summed E-state index contributed by atoms with van der Waals surface area (Å²) in [5.41, 5.74) is 0.344. The number of carbonyl (C=O) groups is 1. The van der Waals surface area contributed by atoms with Crippen molar-refractivity contribution in [2.75, 3.05) is 39.3 Å². The predicted octanol–water partition coefficient (Wildman–Crippen LogP) is 1.24. The lowest BCUT2D eigenvalue weighted by Gasteiger charge is -2.33. The summed E-state index contributed by atoms with van der Waals surface area (Å²) in [5, 5.41) is 9.69. The lowest BCUT2D eigenvalue weighted by molar-refractivity contribution is 0.0944.